The lowest BCUT2D eigenvalue weighted by Crippen LogP contribution is -2.57. The van der Waals surface area contributed by atoms with E-state index in [9.17, 15) is 37.5 Å². The van der Waals surface area contributed by atoms with Gasteiger partial charge in [0.25, 0.3) is 17.4 Å². The molecule has 3 aromatic rings. The van der Waals surface area contributed by atoms with Gasteiger partial charge >= 0.3 is 0 Å². The van der Waals surface area contributed by atoms with Crippen molar-refractivity contribution in [2.24, 2.45) is 5.41 Å². The van der Waals surface area contributed by atoms with Crippen molar-refractivity contribution in [3.8, 4) is 0 Å². The number of amides is 4. The summed E-state index contributed by atoms with van der Waals surface area (Å²) in [4.78, 5) is 75.0. The number of hydrogen-bond acceptors (Lipinski definition) is 12. The van der Waals surface area contributed by atoms with Crippen LogP contribution in [0.15, 0.2) is 47.3 Å². The molecule has 62 heavy (non-hydrogen) atoms. The summed E-state index contributed by atoms with van der Waals surface area (Å²) in [5, 5.41) is 17.2. The maximum atomic E-state index is 13.9. The molecule has 10 rings (SSSR count). The van der Waals surface area contributed by atoms with Gasteiger partial charge in [-0.1, -0.05) is 6.07 Å². The number of pyridine rings is 2. The monoisotopic (exact) mass is 868 g/mol. The van der Waals surface area contributed by atoms with Crippen LogP contribution in [0.2, 0.25) is 0 Å². The van der Waals surface area contributed by atoms with E-state index in [-0.39, 0.29) is 41.1 Å². The number of aromatic nitrogens is 2. The Labute approximate surface area is 361 Å². The Morgan fingerprint density at radius 2 is 1.55 bits per heavy atom. The second-order valence-corrected chi connectivity index (χ2v) is 21.4. The smallest absolute Gasteiger partial charge is 0.264 e. The summed E-state index contributed by atoms with van der Waals surface area (Å²) >= 11 is 0. The van der Waals surface area contributed by atoms with Crippen LogP contribution in [0, 0.1) is 5.41 Å². The number of piperidine rings is 4. The number of rotatable bonds is 8. The molecule has 16 nitrogen and oxygen atoms in total. The zero-order chi connectivity index (χ0) is 43.1. The number of benzene rings is 1. The number of fused-ring (bicyclic) bond motifs is 2. The highest BCUT2D eigenvalue weighted by Gasteiger charge is 2.51. The number of carbonyl (C=O) groups is 4. The predicted octanol–water partition coefficient (Wildman–Crippen LogP) is 3.39. The number of nitrogens with zero attached hydrogens (tertiary/aromatic N) is 6. The Morgan fingerprint density at radius 1 is 0.823 bits per heavy atom. The molecule has 1 aromatic carbocycles. The molecule has 6 fully saturated rings. The Kier molecular flexibility index (Phi) is 10.3. The second-order valence-electron chi connectivity index (χ2n) is 19.2. The van der Waals surface area contributed by atoms with Gasteiger partial charge in [0.2, 0.25) is 21.8 Å². The Morgan fingerprint density at radius 3 is 2.24 bits per heavy atom. The molecule has 17 heteroatoms. The molecule has 5 aliphatic heterocycles. The summed E-state index contributed by atoms with van der Waals surface area (Å²) in [6.07, 6.45) is 9.00. The number of aliphatic hydroxyl groups is 1. The first-order valence-corrected chi connectivity index (χ1v) is 24.1. The number of anilines is 2. The van der Waals surface area contributed by atoms with Gasteiger partial charge in [-0.3, -0.25) is 38.8 Å². The van der Waals surface area contributed by atoms with E-state index in [1.165, 1.54) is 6.07 Å². The molecule has 2 aromatic heterocycles. The van der Waals surface area contributed by atoms with Crippen molar-refractivity contribution in [1.29, 1.82) is 0 Å². The molecule has 2 aliphatic carbocycles. The molecule has 2 unspecified atom stereocenters. The summed E-state index contributed by atoms with van der Waals surface area (Å²) in [6, 6.07) is 11.6. The average Bonchev–Trinajstić information content (AvgIpc) is 3.73. The highest BCUT2D eigenvalue weighted by Crippen LogP contribution is 2.52. The quantitative estimate of drug-likeness (QED) is 0.280. The van der Waals surface area contributed by atoms with Crippen LogP contribution in [0.25, 0.3) is 11.0 Å². The number of sulfonamides is 1. The third-order valence-electron chi connectivity index (χ3n) is 15.5. The number of carbonyl (C=O) groups excluding carboxylic acids is 4. The zero-order valence-electron chi connectivity index (χ0n) is 35.3. The molecule has 7 aliphatic rings. The minimum Gasteiger partial charge on any atom is -0.388 e. The third-order valence-corrected chi connectivity index (χ3v) is 17.9. The summed E-state index contributed by atoms with van der Waals surface area (Å²) in [5.41, 5.74) is 0.960. The normalized spacial score (nSPS) is 28.2. The van der Waals surface area contributed by atoms with Gasteiger partial charge in [0.05, 0.1) is 33.7 Å². The zero-order valence-corrected chi connectivity index (χ0v) is 36.1. The fourth-order valence-corrected chi connectivity index (χ4v) is 13.8. The van der Waals surface area contributed by atoms with E-state index in [2.05, 4.69) is 20.4 Å². The second kappa shape index (κ2) is 15.5. The fraction of sp³-hybridized carbons (Fsp3) is 0.600. The molecule has 4 saturated heterocycles. The van der Waals surface area contributed by atoms with Crippen LogP contribution in [0.3, 0.4) is 0 Å². The molecule has 4 amide bonds. The van der Waals surface area contributed by atoms with E-state index in [0.29, 0.717) is 80.2 Å². The molecule has 7 heterocycles. The van der Waals surface area contributed by atoms with E-state index >= 15 is 0 Å². The molecule has 2 saturated carbocycles. The third kappa shape index (κ3) is 7.12. The van der Waals surface area contributed by atoms with E-state index in [1.807, 2.05) is 18.2 Å². The highest BCUT2D eigenvalue weighted by molar-refractivity contribution is 7.89. The number of nitrogens with one attached hydrogen (secondary N) is 2. The molecule has 1 spiro atoms. The van der Waals surface area contributed by atoms with Crippen molar-refractivity contribution in [3.05, 3.63) is 63.9 Å². The molecular weight excluding hydrogens is 813 g/mol. The molecule has 3 N–H and O–H groups in total. The van der Waals surface area contributed by atoms with Crippen molar-refractivity contribution in [3.63, 3.8) is 0 Å². The van der Waals surface area contributed by atoms with Crippen LogP contribution in [-0.2, 0) is 19.6 Å². The molecule has 330 valence electrons. The summed E-state index contributed by atoms with van der Waals surface area (Å²) in [7, 11) is -3.45. The van der Waals surface area contributed by atoms with Crippen molar-refractivity contribution in [2.75, 3.05) is 49.5 Å². The van der Waals surface area contributed by atoms with Gasteiger partial charge < -0.3 is 20.2 Å². The standard InChI is InChI=1S/C45H56N8O8S/c1-44(59)17-3-6-35(44)53-38(55)12-8-28-7-10-36(47-40(28)53)46-29-13-22-51(23-14-29)62(60,61)31-15-20-49(21-16-31)30-26-45(27-30)18-24-50(25-19-45)33-5-2-4-32-39(33)43(58)52(42(32)57)34-9-11-37(54)48-41(34)56/h2,4-5,7-8,10,12,29-31,34-35,59H,3,6,9,11,13-27H2,1H3,(H,46,47)(H,48,54,56)/t34?,35?,44-/m1/s1. The van der Waals surface area contributed by atoms with Crippen LogP contribution in [-0.4, -0.2) is 129 Å². The maximum Gasteiger partial charge on any atom is 0.264 e. The lowest BCUT2D eigenvalue weighted by molar-refractivity contribution is -0.136. The molecular formula is C45H56N8O8S. The minimum absolute atomic E-state index is 0.0417. The average molecular weight is 869 g/mol. The first kappa shape index (κ1) is 41.3. The van der Waals surface area contributed by atoms with Gasteiger partial charge in [-0.25, -0.2) is 17.7 Å². The van der Waals surface area contributed by atoms with Gasteiger partial charge in [0, 0.05) is 56.1 Å². The first-order chi connectivity index (χ1) is 29.7. The van der Waals surface area contributed by atoms with Crippen molar-refractivity contribution >= 4 is 56.2 Å². The topological polar surface area (TPSA) is 195 Å². The van der Waals surface area contributed by atoms with Gasteiger partial charge in [-0.2, -0.15) is 0 Å². The largest absolute Gasteiger partial charge is 0.388 e. The van der Waals surface area contributed by atoms with Crippen LogP contribution in [0.4, 0.5) is 11.5 Å². The number of imide groups is 2. The Bertz CT molecular complexity index is 2490. The highest BCUT2D eigenvalue weighted by atomic mass is 32.2. The lowest BCUT2D eigenvalue weighted by Gasteiger charge is -2.56. The van der Waals surface area contributed by atoms with Gasteiger partial charge in [0.1, 0.15) is 17.5 Å². The first-order valence-electron chi connectivity index (χ1n) is 22.6. The van der Waals surface area contributed by atoms with Crippen molar-refractivity contribution < 1.29 is 32.7 Å². The number of likely N-dealkylation sites (tertiary alicyclic amines) is 1. The molecule has 3 atom stereocenters. The van der Waals surface area contributed by atoms with E-state index in [1.54, 1.807) is 34.0 Å². The van der Waals surface area contributed by atoms with E-state index < -0.39 is 45.3 Å². The van der Waals surface area contributed by atoms with Gasteiger partial charge in [-0.15, -0.1) is 0 Å². The van der Waals surface area contributed by atoms with Crippen LogP contribution in [0.5, 0.6) is 0 Å². The summed E-state index contributed by atoms with van der Waals surface area (Å²) in [6.45, 7) is 5.71. The van der Waals surface area contributed by atoms with Crippen molar-refractivity contribution in [1.82, 2.24) is 29.0 Å². The van der Waals surface area contributed by atoms with Gasteiger partial charge in [0.15, 0.2) is 0 Å². The Hall–Kier alpha value is -4.71. The van der Waals surface area contributed by atoms with Crippen LogP contribution < -0.4 is 21.1 Å². The minimum atomic E-state index is -3.45. The molecule has 0 bridgehead atoms. The van der Waals surface area contributed by atoms with Crippen LogP contribution in [0.1, 0.15) is 117 Å². The summed E-state index contributed by atoms with van der Waals surface area (Å²) < 4.78 is 31.2. The molecule has 0 radical (unpaired) electrons. The van der Waals surface area contributed by atoms with Gasteiger partial charge in [-0.05, 0) is 133 Å². The fourth-order valence-electron chi connectivity index (χ4n) is 11.8. The van der Waals surface area contributed by atoms with E-state index in [0.717, 1.165) is 74.3 Å². The lowest BCUT2D eigenvalue weighted by atomic mass is 9.59. The van der Waals surface area contributed by atoms with Crippen LogP contribution >= 0.6 is 0 Å². The SMILES string of the molecule is C[C@@]1(O)CCCC1n1c(=O)ccc2ccc(NC3CCN(S(=O)(=O)C4CCN(C5CC6(CCN(c7cccc8c7C(=O)N(C7CCC(=O)NC7=O)C8=O)CC6)C5)CC4)CC3)nc21. The number of hydrogen-bond donors (Lipinski definition) is 3. The maximum absolute atomic E-state index is 13.9. The summed E-state index contributed by atoms with van der Waals surface area (Å²) in [5.74, 6) is -1.35. The van der Waals surface area contributed by atoms with Crippen molar-refractivity contribution in [2.45, 2.75) is 125 Å². The predicted molar refractivity (Wildman–Crippen MR) is 231 cm³/mol. The Balaban J connectivity index is 0.699. The van der Waals surface area contributed by atoms with E-state index in [4.69, 9.17) is 4.98 Å².